The minimum absolute atomic E-state index is 0.106. The van der Waals surface area contributed by atoms with Gasteiger partial charge >= 0.3 is 0 Å². The Bertz CT molecular complexity index is 785. The molecule has 0 fully saturated rings. The average Bonchev–Trinajstić information content (AvgIpc) is 2.81. The summed E-state index contributed by atoms with van der Waals surface area (Å²) in [4.78, 5) is 25.4. The van der Waals surface area contributed by atoms with Crippen LogP contribution in [0.1, 0.15) is 21.7 Å². The minimum atomic E-state index is -0.681. The fraction of sp³-hybridized carbons (Fsp3) is 0.214. The second kappa shape index (κ2) is 4.77. The highest BCUT2D eigenvalue weighted by Crippen LogP contribution is 2.32. The predicted octanol–water partition coefficient (Wildman–Crippen LogP) is 2.36. The molecule has 108 valence electrons. The van der Waals surface area contributed by atoms with Crippen LogP contribution in [-0.4, -0.2) is 21.5 Å². The first-order valence-electron chi connectivity index (χ1n) is 6.24. The van der Waals surface area contributed by atoms with Crippen LogP contribution in [0.2, 0.25) is 0 Å². The van der Waals surface area contributed by atoms with E-state index in [2.05, 4.69) is 21.0 Å². The first-order valence-corrected chi connectivity index (χ1v) is 7.03. The number of hydrogen-bond donors (Lipinski definition) is 0. The van der Waals surface area contributed by atoms with Crippen LogP contribution in [0.3, 0.4) is 0 Å². The molecule has 0 bridgehead atoms. The number of carbonyl (C=O) groups is 2. The summed E-state index contributed by atoms with van der Waals surface area (Å²) < 4.78 is 15.7. The van der Waals surface area contributed by atoms with Crippen molar-refractivity contribution in [3.63, 3.8) is 0 Å². The third-order valence-electron chi connectivity index (χ3n) is 3.50. The van der Waals surface area contributed by atoms with Gasteiger partial charge in [-0.3, -0.25) is 19.2 Å². The van der Waals surface area contributed by atoms with Gasteiger partial charge in [-0.05, 0) is 41.1 Å². The van der Waals surface area contributed by atoms with Gasteiger partial charge in [0.2, 0.25) is 0 Å². The molecule has 0 atom stereocenters. The lowest BCUT2D eigenvalue weighted by Gasteiger charge is -2.16. The number of carbonyl (C=O) groups excluding carboxylic acids is 2. The van der Waals surface area contributed by atoms with E-state index in [1.807, 2.05) is 6.92 Å². The maximum absolute atomic E-state index is 13.2. The van der Waals surface area contributed by atoms with Crippen molar-refractivity contribution in [2.24, 2.45) is 7.05 Å². The summed E-state index contributed by atoms with van der Waals surface area (Å²) in [6.45, 7) is 2.04. The molecule has 3 rings (SSSR count). The Morgan fingerprint density at radius 2 is 2.05 bits per heavy atom. The maximum atomic E-state index is 13.2. The van der Waals surface area contributed by atoms with E-state index in [9.17, 15) is 14.0 Å². The average molecular weight is 352 g/mol. The Labute approximate surface area is 128 Å². The van der Waals surface area contributed by atoms with Gasteiger partial charge in [0, 0.05) is 7.05 Å². The quantitative estimate of drug-likeness (QED) is 0.780. The van der Waals surface area contributed by atoms with E-state index < -0.39 is 17.5 Å². The SMILES string of the molecule is Cc1nn(C)c(CN2C(=O)C(=O)c3cc(F)ccc32)c1Br. The summed E-state index contributed by atoms with van der Waals surface area (Å²) in [6.07, 6.45) is 0. The van der Waals surface area contributed by atoms with Crippen LogP contribution in [-0.2, 0) is 18.4 Å². The number of amides is 1. The topological polar surface area (TPSA) is 55.2 Å². The number of halogens is 2. The number of fused-ring (bicyclic) bond motifs is 1. The van der Waals surface area contributed by atoms with Crippen molar-refractivity contribution in [1.82, 2.24) is 9.78 Å². The van der Waals surface area contributed by atoms with Gasteiger partial charge in [-0.1, -0.05) is 0 Å². The zero-order valence-electron chi connectivity index (χ0n) is 11.4. The number of hydrogen-bond acceptors (Lipinski definition) is 3. The van der Waals surface area contributed by atoms with Gasteiger partial charge in [0.05, 0.1) is 33.7 Å². The maximum Gasteiger partial charge on any atom is 0.299 e. The molecule has 0 N–H and O–H groups in total. The summed E-state index contributed by atoms with van der Waals surface area (Å²) in [6, 6.07) is 3.78. The number of anilines is 1. The number of nitrogens with zero attached hydrogens (tertiary/aromatic N) is 3. The zero-order chi connectivity index (χ0) is 15.3. The third kappa shape index (κ3) is 2.08. The number of Topliss-reactive ketones (excluding diaryl/α,β-unsaturated/α-hetero) is 1. The van der Waals surface area contributed by atoms with Gasteiger partial charge in [-0.15, -0.1) is 0 Å². The molecular weight excluding hydrogens is 341 g/mol. The van der Waals surface area contributed by atoms with Gasteiger partial charge in [0.15, 0.2) is 0 Å². The molecule has 5 nitrogen and oxygen atoms in total. The highest BCUT2D eigenvalue weighted by Gasteiger charge is 2.36. The predicted molar refractivity (Wildman–Crippen MR) is 77.6 cm³/mol. The van der Waals surface area contributed by atoms with Crippen molar-refractivity contribution >= 4 is 33.3 Å². The molecule has 1 aromatic carbocycles. The molecule has 1 aliphatic heterocycles. The first-order chi connectivity index (χ1) is 9.90. The van der Waals surface area contributed by atoms with Crippen molar-refractivity contribution in [2.45, 2.75) is 13.5 Å². The largest absolute Gasteiger partial charge is 0.299 e. The second-order valence-corrected chi connectivity index (χ2v) is 5.64. The molecule has 0 spiro atoms. The Morgan fingerprint density at radius 1 is 1.33 bits per heavy atom. The smallest absolute Gasteiger partial charge is 0.299 e. The Balaban J connectivity index is 2.04. The van der Waals surface area contributed by atoms with Crippen LogP contribution >= 0.6 is 15.9 Å². The van der Waals surface area contributed by atoms with E-state index in [1.54, 1.807) is 11.7 Å². The van der Waals surface area contributed by atoms with E-state index >= 15 is 0 Å². The first kappa shape index (κ1) is 13.9. The molecule has 2 heterocycles. The highest BCUT2D eigenvalue weighted by atomic mass is 79.9. The summed E-state index contributed by atoms with van der Waals surface area (Å²) in [5, 5.41) is 4.25. The molecule has 21 heavy (non-hydrogen) atoms. The number of benzene rings is 1. The lowest BCUT2D eigenvalue weighted by Crippen LogP contribution is -2.30. The van der Waals surface area contributed by atoms with E-state index in [1.165, 1.54) is 17.0 Å². The summed E-state index contributed by atoms with van der Waals surface area (Å²) in [7, 11) is 1.76. The van der Waals surface area contributed by atoms with Crippen LogP contribution in [0, 0.1) is 12.7 Å². The number of aryl methyl sites for hydroxylation is 2. The van der Waals surface area contributed by atoms with E-state index in [0.29, 0.717) is 5.69 Å². The third-order valence-corrected chi connectivity index (χ3v) is 4.53. The molecule has 1 aromatic heterocycles. The molecular formula is C14H11BrFN3O2. The number of aromatic nitrogens is 2. The normalized spacial score (nSPS) is 14.0. The van der Waals surface area contributed by atoms with Crippen molar-refractivity contribution < 1.29 is 14.0 Å². The van der Waals surface area contributed by atoms with Gasteiger partial charge in [-0.2, -0.15) is 5.10 Å². The van der Waals surface area contributed by atoms with E-state index in [4.69, 9.17) is 0 Å². The van der Waals surface area contributed by atoms with Crippen LogP contribution in [0.4, 0.5) is 10.1 Å². The van der Waals surface area contributed by atoms with Gasteiger partial charge < -0.3 is 0 Å². The molecule has 0 aliphatic carbocycles. The molecule has 0 saturated heterocycles. The molecule has 0 unspecified atom stereocenters. The van der Waals surface area contributed by atoms with E-state index in [-0.39, 0.29) is 12.1 Å². The summed E-state index contributed by atoms with van der Waals surface area (Å²) in [5.74, 6) is -1.87. The zero-order valence-corrected chi connectivity index (χ0v) is 12.9. The Morgan fingerprint density at radius 3 is 2.67 bits per heavy atom. The fourth-order valence-electron chi connectivity index (χ4n) is 2.43. The highest BCUT2D eigenvalue weighted by molar-refractivity contribution is 9.10. The van der Waals surface area contributed by atoms with Crippen LogP contribution < -0.4 is 4.90 Å². The number of ketones is 1. The van der Waals surface area contributed by atoms with Gasteiger partial charge in [0.1, 0.15) is 5.82 Å². The molecule has 7 heteroatoms. The van der Waals surface area contributed by atoms with Crippen molar-refractivity contribution in [1.29, 1.82) is 0 Å². The molecule has 0 radical (unpaired) electrons. The molecule has 0 saturated carbocycles. The lowest BCUT2D eigenvalue weighted by molar-refractivity contribution is -0.114. The Kier molecular flexibility index (Phi) is 3.16. The lowest BCUT2D eigenvalue weighted by atomic mass is 10.1. The molecule has 1 amide bonds. The summed E-state index contributed by atoms with van der Waals surface area (Å²) >= 11 is 3.43. The fourth-order valence-corrected chi connectivity index (χ4v) is 2.89. The van der Waals surface area contributed by atoms with Crippen LogP contribution in [0.15, 0.2) is 22.7 Å². The van der Waals surface area contributed by atoms with Crippen LogP contribution in [0.25, 0.3) is 0 Å². The minimum Gasteiger partial charge on any atom is -0.299 e. The standard InChI is InChI=1S/C14H11BrFN3O2/c1-7-12(15)11(18(2)17-7)6-19-10-4-3-8(16)5-9(10)13(20)14(19)21/h3-5H,6H2,1-2H3. The number of rotatable bonds is 2. The van der Waals surface area contributed by atoms with Crippen LogP contribution in [0.5, 0.6) is 0 Å². The molecule has 2 aromatic rings. The van der Waals surface area contributed by atoms with E-state index in [0.717, 1.165) is 21.9 Å². The second-order valence-electron chi connectivity index (χ2n) is 4.85. The van der Waals surface area contributed by atoms with Crippen molar-refractivity contribution in [2.75, 3.05) is 4.90 Å². The van der Waals surface area contributed by atoms with Gasteiger partial charge in [-0.25, -0.2) is 4.39 Å². The molecule has 1 aliphatic rings. The van der Waals surface area contributed by atoms with Gasteiger partial charge in [0.25, 0.3) is 11.7 Å². The monoisotopic (exact) mass is 351 g/mol. The van der Waals surface area contributed by atoms with Crippen molar-refractivity contribution in [3.8, 4) is 0 Å². The summed E-state index contributed by atoms with van der Waals surface area (Å²) in [5.41, 5.74) is 2.10. The van der Waals surface area contributed by atoms with Crippen molar-refractivity contribution in [3.05, 3.63) is 45.4 Å². The Hall–Kier alpha value is -2.02.